The summed E-state index contributed by atoms with van der Waals surface area (Å²) >= 11 is 0. The topological polar surface area (TPSA) is 65.1 Å². The van der Waals surface area contributed by atoms with Gasteiger partial charge in [-0.05, 0) is 42.5 Å². The van der Waals surface area contributed by atoms with Crippen molar-refractivity contribution in [1.82, 2.24) is 9.78 Å². The number of benzene rings is 2. The highest BCUT2D eigenvalue weighted by Crippen LogP contribution is 2.27. The SMILES string of the molecule is CS(=O)(=O)c1ccc(-n2nccc2-c2ccc(-c3ccco3)cc2)cc1. The van der Waals surface area contributed by atoms with Gasteiger partial charge in [-0.15, -0.1) is 0 Å². The first-order chi connectivity index (χ1) is 12.5. The van der Waals surface area contributed by atoms with Gasteiger partial charge in [0.15, 0.2) is 9.84 Å². The Morgan fingerprint density at radius 3 is 2.19 bits per heavy atom. The van der Waals surface area contributed by atoms with Gasteiger partial charge in [0, 0.05) is 17.4 Å². The van der Waals surface area contributed by atoms with Crippen LogP contribution in [0.15, 0.2) is 88.5 Å². The highest BCUT2D eigenvalue weighted by atomic mass is 32.2. The Morgan fingerprint density at radius 2 is 1.58 bits per heavy atom. The molecule has 4 rings (SSSR count). The summed E-state index contributed by atoms with van der Waals surface area (Å²) in [6.07, 6.45) is 4.57. The van der Waals surface area contributed by atoms with E-state index < -0.39 is 9.84 Å². The molecule has 2 aromatic heterocycles. The van der Waals surface area contributed by atoms with E-state index in [4.69, 9.17) is 4.42 Å². The quantitative estimate of drug-likeness (QED) is 0.544. The predicted molar refractivity (Wildman–Crippen MR) is 99.8 cm³/mol. The van der Waals surface area contributed by atoms with Gasteiger partial charge in [0.25, 0.3) is 0 Å². The van der Waals surface area contributed by atoms with Gasteiger partial charge in [-0.2, -0.15) is 5.10 Å². The van der Waals surface area contributed by atoms with Gasteiger partial charge >= 0.3 is 0 Å². The van der Waals surface area contributed by atoms with Crippen LogP contribution in [0.5, 0.6) is 0 Å². The number of hydrogen-bond acceptors (Lipinski definition) is 4. The Morgan fingerprint density at radius 1 is 0.885 bits per heavy atom. The Balaban J connectivity index is 1.69. The maximum atomic E-state index is 11.6. The summed E-state index contributed by atoms with van der Waals surface area (Å²) in [7, 11) is -3.22. The fraction of sp³-hybridized carbons (Fsp3) is 0.0500. The number of aromatic nitrogens is 2. The van der Waals surface area contributed by atoms with Crippen LogP contribution in [0.25, 0.3) is 28.3 Å². The number of sulfone groups is 1. The Labute approximate surface area is 151 Å². The molecule has 0 unspecified atom stereocenters. The van der Waals surface area contributed by atoms with Gasteiger partial charge in [-0.3, -0.25) is 0 Å². The Kier molecular flexibility index (Phi) is 3.97. The summed E-state index contributed by atoms with van der Waals surface area (Å²) in [5.41, 5.74) is 3.72. The molecule has 0 spiro atoms. The number of hydrogen-bond donors (Lipinski definition) is 0. The molecule has 0 saturated heterocycles. The van der Waals surface area contributed by atoms with Crippen molar-refractivity contribution in [1.29, 1.82) is 0 Å². The number of furan rings is 1. The minimum Gasteiger partial charge on any atom is -0.464 e. The lowest BCUT2D eigenvalue weighted by molar-refractivity contribution is 0.582. The summed E-state index contributed by atoms with van der Waals surface area (Å²) in [4.78, 5) is 0.290. The van der Waals surface area contributed by atoms with Crippen LogP contribution in [0.3, 0.4) is 0 Å². The average Bonchev–Trinajstić information content (AvgIpc) is 3.33. The molecule has 130 valence electrons. The molecule has 0 saturated carbocycles. The second kappa shape index (κ2) is 6.31. The minimum absolute atomic E-state index is 0.290. The summed E-state index contributed by atoms with van der Waals surface area (Å²) in [5.74, 6) is 0.821. The summed E-state index contributed by atoms with van der Waals surface area (Å²) in [6.45, 7) is 0. The molecule has 0 N–H and O–H groups in total. The van der Waals surface area contributed by atoms with Crippen LogP contribution in [0, 0.1) is 0 Å². The molecule has 0 atom stereocenters. The first kappa shape index (κ1) is 16.4. The van der Waals surface area contributed by atoms with E-state index in [9.17, 15) is 8.42 Å². The molecule has 0 amide bonds. The van der Waals surface area contributed by atoms with Crippen LogP contribution in [-0.2, 0) is 9.84 Å². The lowest BCUT2D eigenvalue weighted by atomic mass is 10.1. The van der Waals surface area contributed by atoms with Crippen molar-refractivity contribution in [3.8, 4) is 28.3 Å². The second-order valence-electron chi connectivity index (χ2n) is 5.95. The lowest BCUT2D eigenvalue weighted by Crippen LogP contribution is -2.01. The third-order valence-electron chi connectivity index (χ3n) is 4.14. The zero-order valence-electron chi connectivity index (χ0n) is 14.0. The number of nitrogens with zero attached hydrogens (tertiary/aromatic N) is 2. The average molecular weight is 364 g/mol. The van der Waals surface area contributed by atoms with Crippen LogP contribution >= 0.6 is 0 Å². The van der Waals surface area contributed by atoms with E-state index in [0.29, 0.717) is 0 Å². The van der Waals surface area contributed by atoms with E-state index >= 15 is 0 Å². The third kappa shape index (κ3) is 3.07. The maximum Gasteiger partial charge on any atom is 0.175 e. The molecular formula is C20H16N2O3S. The van der Waals surface area contributed by atoms with Crippen molar-refractivity contribution < 1.29 is 12.8 Å². The van der Waals surface area contributed by atoms with E-state index in [1.54, 1.807) is 41.4 Å². The van der Waals surface area contributed by atoms with Crippen molar-refractivity contribution in [2.75, 3.05) is 6.26 Å². The predicted octanol–water partition coefficient (Wildman–Crippen LogP) is 4.20. The van der Waals surface area contributed by atoms with E-state index in [-0.39, 0.29) is 4.90 Å². The monoisotopic (exact) mass is 364 g/mol. The van der Waals surface area contributed by atoms with Crippen LogP contribution in [-0.4, -0.2) is 24.5 Å². The molecule has 0 radical (unpaired) electrons. The summed E-state index contributed by atoms with van der Waals surface area (Å²) in [5, 5.41) is 4.38. The van der Waals surface area contributed by atoms with Gasteiger partial charge in [-0.1, -0.05) is 24.3 Å². The first-order valence-corrected chi connectivity index (χ1v) is 9.90. The molecule has 0 aliphatic heterocycles. The highest BCUT2D eigenvalue weighted by Gasteiger charge is 2.11. The Bertz CT molecular complexity index is 1120. The summed E-state index contributed by atoms with van der Waals surface area (Å²) in [6, 6.07) is 20.4. The molecule has 0 fully saturated rings. The van der Waals surface area contributed by atoms with Crippen LogP contribution < -0.4 is 0 Å². The van der Waals surface area contributed by atoms with Gasteiger partial charge in [0.05, 0.1) is 28.7 Å². The van der Waals surface area contributed by atoms with Crippen LogP contribution in [0.2, 0.25) is 0 Å². The zero-order chi connectivity index (χ0) is 18.1. The lowest BCUT2D eigenvalue weighted by Gasteiger charge is -2.09. The largest absolute Gasteiger partial charge is 0.464 e. The Hall–Kier alpha value is -3.12. The smallest absolute Gasteiger partial charge is 0.175 e. The van der Waals surface area contributed by atoms with Gasteiger partial charge in [0.2, 0.25) is 0 Å². The van der Waals surface area contributed by atoms with E-state index in [0.717, 1.165) is 28.3 Å². The molecule has 6 heteroatoms. The zero-order valence-corrected chi connectivity index (χ0v) is 14.8. The van der Waals surface area contributed by atoms with Gasteiger partial charge in [-0.25, -0.2) is 13.1 Å². The standard InChI is InChI=1S/C20H16N2O3S/c1-26(23,24)18-10-8-17(9-11-18)22-19(12-13-21-22)15-4-6-16(7-5-15)20-3-2-14-25-20/h2-14H,1H3. The molecule has 0 aliphatic rings. The molecule has 0 aliphatic carbocycles. The second-order valence-corrected chi connectivity index (χ2v) is 7.96. The molecule has 2 aromatic carbocycles. The third-order valence-corrected chi connectivity index (χ3v) is 5.27. The maximum absolute atomic E-state index is 11.6. The van der Waals surface area contributed by atoms with Crippen molar-refractivity contribution in [2.45, 2.75) is 4.90 Å². The fourth-order valence-corrected chi connectivity index (χ4v) is 3.44. The molecule has 2 heterocycles. The minimum atomic E-state index is -3.22. The molecule has 0 bridgehead atoms. The van der Waals surface area contributed by atoms with E-state index in [2.05, 4.69) is 5.10 Å². The molecular weight excluding hydrogens is 348 g/mol. The van der Waals surface area contributed by atoms with E-state index in [1.165, 1.54) is 6.26 Å². The van der Waals surface area contributed by atoms with E-state index in [1.807, 2.05) is 42.5 Å². The van der Waals surface area contributed by atoms with Crippen LogP contribution in [0.4, 0.5) is 0 Å². The number of rotatable bonds is 4. The first-order valence-electron chi connectivity index (χ1n) is 8.01. The molecule has 4 aromatic rings. The van der Waals surface area contributed by atoms with Crippen molar-refractivity contribution in [3.63, 3.8) is 0 Å². The van der Waals surface area contributed by atoms with Gasteiger partial charge in [0.1, 0.15) is 5.76 Å². The van der Waals surface area contributed by atoms with Crippen molar-refractivity contribution in [2.24, 2.45) is 0 Å². The van der Waals surface area contributed by atoms with Crippen molar-refractivity contribution >= 4 is 9.84 Å². The molecule has 5 nitrogen and oxygen atoms in total. The van der Waals surface area contributed by atoms with Gasteiger partial charge < -0.3 is 4.42 Å². The van der Waals surface area contributed by atoms with Crippen LogP contribution in [0.1, 0.15) is 0 Å². The van der Waals surface area contributed by atoms with Crippen molar-refractivity contribution in [3.05, 3.63) is 79.2 Å². The fourth-order valence-electron chi connectivity index (χ4n) is 2.81. The summed E-state index contributed by atoms with van der Waals surface area (Å²) < 4.78 is 30.4. The molecule has 26 heavy (non-hydrogen) atoms. The normalized spacial score (nSPS) is 11.6. The highest BCUT2D eigenvalue weighted by molar-refractivity contribution is 7.90.